The van der Waals surface area contributed by atoms with Crippen LogP contribution in [0.5, 0.6) is 0 Å². The number of benzene rings is 1. The molecule has 0 bridgehead atoms. The van der Waals surface area contributed by atoms with Crippen molar-refractivity contribution >= 4 is 17.2 Å². The molecule has 136 valence electrons. The lowest BCUT2D eigenvalue weighted by atomic mass is 9.86. The molecular weight excluding hydrogens is 350 g/mol. The first-order valence-electron chi connectivity index (χ1n) is 7.92. The van der Waals surface area contributed by atoms with Crippen LogP contribution in [0.3, 0.4) is 0 Å². The van der Waals surface area contributed by atoms with Gasteiger partial charge in [0.1, 0.15) is 11.6 Å². The summed E-state index contributed by atoms with van der Waals surface area (Å²) in [6.45, 7) is 1.75. The van der Waals surface area contributed by atoms with E-state index in [2.05, 4.69) is 10.1 Å². The molecule has 0 saturated heterocycles. The van der Waals surface area contributed by atoms with E-state index in [-0.39, 0.29) is 0 Å². The normalized spacial score (nSPS) is 16.2. The van der Waals surface area contributed by atoms with Gasteiger partial charge in [-0.25, -0.2) is 9.37 Å². The quantitative estimate of drug-likeness (QED) is 0.682. The van der Waals surface area contributed by atoms with Crippen LogP contribution >= 0.6 is 0 Å². The maximum atomic E-state index is 14.1. The summed E-state index contributed by atoms with van der Waals surface area (Å²) >= 11 is 0. The maximum absolute atomic E-state index is 14.1. The number of hydrogen-bond acceptors (Lipinski definition) is 4. The van der Waals surface area contributed by atoms with E-state index in [1.807, 2.05) is 0 Å². The highest BCUT2D eigenvalue weighted by molar-refractivity contribution is 5.69. The lowest BCUT2D eigenvalue weighted by Gasteiger charge is -2.22. The van der Waals surface area contributed by atoms with Crippen molar-refractivity contribution in [3.05, 3.63) is 52.6 Å². The predicted molar refractivity (Wildman–Crippen MR) is 88.0 cm³/mol. The van der Waals surface area contributed by atoms with Crippen molar-refractivity contribution < 1.29 is 17.6 Å². The lowest BCUT2D eigenvalue weighted by molar-refractivity contribution is -0.140. The fourth-order valence-corrected chi connectivity index (χ4v) is 3.59. The summed E-state index contributed by atoms with van der Waals surface area (Å²) in [5.74, 6) is -0.989. The van der Waals surface area contributed by atoms with Crippen molar-refractivity contribution in [1.29, 1.82) is 0 Å². The summed E-state index contributed by atoms with van der Waals surface area (Å²) < 4.78 is 54.0. The molecule has 5 nitrogen and oxygen atoms in total. The number of rotatable bonds is 2. The number of nitrogens with zero attached hydrogens (tertiary/aromatic N) is 3. The number of nitrogen functional groups attached to an aromatic ring is 2. The number of aryl methyl sites for hydroxylation is 1. The molecule has 3 aromatic rings. The topological polar surface area (TPSA) is 82.2 Å². The Hall–Kier alpha value is -2.84. The first-order valence-corrected chi connectivity index (χ1v) is 7.92. The first-order chi connectivity index (χ1) is 12.1. The number of anilines is 2. The molecular formula is C17H15F4N5. The Labute approximate surface area is 145 Å². The second-order valence-electron chi connectivity index (χ2n) is 6.57. The molecule has 1 aliphatic carbocycles. The van der Waals surface area contributed by atoms with Gasteiger partial charge in [0, 0.05) is 16.7 Å². The zero-order chi connectivity index (χ0) is 18.9. The molecule has 0 unspecified atom stereocenters. The van der Waals surface area contributed by atoms with Crippen molar-refractivity contribution in [3.8, 4) is 0 Å². The standard InChI is InChI=1S/C17H15F4N5/c1-8-13(14(23)26-15(25-8)12(22)7-24-26)16(4-5-16)9-2-3-10(11(18)6-9)17(19,20)21/h2-3,6-7H,4-5,22-23H2,1H3. The summed E-state index contributed by atoms with van der Waals surface area (Å²) in [4.78, 5) is 4.43. The lowest BCUT2D eigenvalue weighted by Crippen LogP contribution is -2.19. The van der Waals surface area contributed by atoms with Gasteiger partial charge >= 0.3 is 6.18 Å². The van der Waals surface area contributed by atoms with Gasteiger partial charge < -0.3 is 11.5 Å². The highest BCUT2D eigenvalue weighted by atomic mass is 19.4. The van der Waals surface area contributed by atoms with Gasteiger partial charge in [0.2, 0.25) is 0 Å². The molecule has 0 aliphatic heterocycles. The summed E-state index contributed by atoms with van der Waals surface area (Å²) in [7, 11) is 0. The number of halogens is 4. The van der Waals surface area contributed by atoms with Crippen molar-refractivity contribution in [2.24, 2.45) is 0 Å². The zero-order valence-corrected chi connectivity index (χ0v) is 13.7. The number of aromatic nitrogens is 3. The van der Waals surface area contributed by atoms with Crippen LogP contribution in [0.15, 0.2) is 24.4 Å². The molecule has 0 atom stereocenters. The van der Waals surface area contributed by atoms with Gasteiger partial charge in [0.05, 0.1) is 17.4 Å². The third kappa shape index (κ3) is 2.23. The van der Waals surface area contributed by atoms with Crippen molar-refractivity contribution in [3.63, 3.8) is 0 Å². The van der Waals surface area contributed by atoms with Crippen molar-refractivity contribution in [1.82, 2.24) is 14.6 Å². The van der Waals surface area contributed by atoms with E-state index in [9.17, 15) is 17.6 Å². The number of hydrogen-bond donors (Lipinski definition) is 2. The van der Waals surface area contributed by atoms with E-state index in [1.165, 1.54) is 16.8 Å². The van der Waals surface area contributed by atoms with E-state index in [4.69, 9.17) is 11.5 Å². The third-order valence-electron chi connectivity index (χ3n) is 4.95. The zero-order valence-electron chi connectivity index (χ0n) is 13.7. The van der Waals surface area contributed by atoms with Crippen LogP contribution in [0.25, 0.3) is 5.65 Å². The third-order valence-corrected chi connectivity index (χ3v) is 4.95. The van der Waals surface area contributed by atoms with Crippen molar-refractivity contribution in [2.75, 3.05) is 11.5 Å². The van der Waals surface area contributed by atoms with E-state index >= 15 is 0 Å². The van der Waals surface area contributed by atoms with Gasteiger partial charge in [-0.15, -0.1) is 0 Å². The Bertz CT molecular complexity index is 1030. The molecule has 1 aromatic carbocycles. The van der Waals surface area contributed by atoms with Crippen LogP contribution in [0.4, 0.5) is 29.1 Å². The molecule has 26 heavy (non-hydrogen) atoms. The Kier molecular flexibility index (Phi) is 3.25. The summed E-state index contributed by atoms with van der Waals surface area (Å²) in [5.41, 5.74) is 12.6. The van der Waals surface area contributed by atoms with Gasteiger partial charge in [-0.1, -0.05) is 6.07 Å². The van der Waals surface area contributed by atoms with Crippen molar-refractivity contribution in [2.45, 2.75) is 31.4 Å². The second-order valence-corrected chi connectivity index (χ2v) is 6.57. The van der Waals surface area contributed by atoms with Gasteiger partial charge in [0.15, 0.2) is 5.65 Å². The first kappa shape index (κ1) is 16.6. The summed E-state index contributed by atoms with van der Waals surface area (Å²) in [6, 6.07) is 3.02. The van der Waals surface area contributed by atoms with E-state index < -0.39 is 23.0 Å². The Morgan fingerprint density at radius 2 is 1.88 bits per heavy atom. The molecule has 9 heteroatoms. The van der Waals surface area contributed by atoms with Crippen LogP contribution in [0, 0.1) is 12.7 Å². The average molecular weight is 365 g/mol. The average Bonchev–Trinajstić information content (AvgIpc) is 3.25. The minimum absolute atomic E-state index is 0.307. The minimum Gasteiger partial charge on any atom is -0.394 e. The van der Waals surface area contributed by atoms with Crippen LogP contribution < -0.4 is 11.5 Å². The SMILES string of the molecule is Cc1nc2c(N)cnn2c(N)c1C1(c2ccc(C(F)(F)F)c(F)c2)CC1. The molecule has 0 spiro atoms. The van der Waals surface area contributed by atoms with Gasteiger partial charge in [-0.05, 0) is 37.5 Å². The number of nitrogens with two attached hydrogens (primary N) is 2. The van der Waals surface area contributed by atoms with E-state index in [0.717, 1.165) is 12.1 Å². The fourth-order valence-electron chi connectivity index (χ4n) is 3.59. The molecule has 1 saturated carbocycles. The summed E-state index contributed by atoms with van der Waals surface area (Å²) in [6.07, 6.45) is -2.04. The molecule has 1 aliphatic rings. The predicted octanol–water partition coefficient (Wildman–Crippen LogP) is 3.44. The van der Waals surface area contributed by atoms with Gasteiger partial charge in [-0.3, -0.25) is 0 Å². The van der Waals surface area contributed by atoms with Gasteiger partial charge in [0.25, 0.3) is 0 Å². The Balaban J connectivity index is 1.89. The molecule has 0 amide bonds. The van der Waals surface area contributed by atoms with E-state index in [1.54, 1.807) is 6.92 Å². The second kappa shape index (κ2) is 5.09. The smallest absolute Gasteiger partial charge is 0.394 e. The minimum atomic E-state index is -4.73. The molecule has 2 aromatic heterocycles. The number of fused-ring (bicyclic) bond motifs is 1. The molecule has 4 N–H and O–H groups in total. The van der Waals surface area contributed by atoms with Crippen LogP contribution in [0.2, 0.25) is 0 Å². The monoisotopic (exact) mass is 365 g/mol. The van der Waals surface area contributed by atoms with Crippen LogP contribution in [-0.2, 0) is 11.6 Å². The highest BCUT2D eigenvalue weighted by Crippen LogP contribution is 2.56. The van der Waals surface area contributed by atoms with Gasteiger partial charge in [-0.2, -0.15) is 22.8 Å². The maximum Gasteiger partial charge on any atom is 0.419 e. The van der Waals surface area contributed by atoms with E-state index in [0.29, 0.717) is 46.8 Å². The molecule has 2 heterocycles. The Morgan fingerprint density at radius 3 is 2.46 bits per heavy atom. The molecule has 1 fully saturated rings. The summed E-state index contributed by atoms with van der Waals surface area (Å²) in [5, 5.41) is 4.10. The molecule has 0 radical (unpaired) electrons. The largest absolute Gasteiger partial charge is 0.419 e. The Morgan fingerprint density at radius 1 is 1.19 bits per heavy atom. The highest BCUT2D eigenvalue weighted by Gasteiger charge is 2.50. The molecule has 4 rings (SSSR count). The van der Waals surface area contributed by atoms with Crippen LogP contribution in [-0.4, -0.2) is 14.6 Å². The fraction of sp³-hybridized carbons (Fsp3) is 0.294. The van der Waals surface area contributed by atoms with Crippen LogP contribution in [0.1, 0.15) is 35.2 Å². The number of alkyl halides is 3.